The topological polar surface area (TPSA) is 142 Å². The first-order valence-electron chi connectivity index (χ1n) is 3.96. The Morgan fingerprint density at radius 3 is 1.07 bits per heavy atom. The van der Waals surface area contributed by atoms with Gasteiger partial charge in [0.05, 0.1) is 19.8 Å². The van der Waals surface area contributed by atoms with Crippen molar-refractivity contribution in [3.05, 3.63) is 0 Å². The van der Waals surface area contributed by atoms with E-state index in [1.165, 1.54) is 0 Å². The molecule has 0 amide bonds. The zero-order chi connectivity index (χ0) is 11.8. The van der Waals surface area contributed by atoms with Gasteiger partial charge in [0.1, 0.15) is 0 Å². The maximum absolute atomic E-state index is 8.66. The second-order valence-corrected chi connectivity index (χ2v) is 4.13. The Morgan fingerprint density at radius 2 is 1.07 bits per heavy atom. The monoisotopic (exact) mass is 230 g/mol. The van der Waals surface area contributed by atoms with Crippen molar-refractivity contribution in [3.63, 3.8) is 0 Å². The van der Waals surface area contributed by atoms with Crippen LogP contribution in [0, 0.1) is 5.41 Å². The average molecular weight is 230 g/mol. The van der Waals surface area contributed by atoms with E-state index in [-0.39, 0.29) is 19.8 Å². The standard InChI is InChI=1S/C6H14O3.H4O4Si/c1-2-6(3-7,4-8)5-9;1-5(2,3)4/h7-9H,2-5H2,1H3;1-4H. The van der Waals surface area contributed by atoms with E-state index < -0.39 is 14.5 Å². The third kappa shape index (κ3) is 10.0. The van der Waals surface area contributed by atoms with Crippen molar-refractivity contribution in [2.75, 3.05) is 19.8 Å². The van der Waals surface area contributed by atoms with Gasteiger partial charge in [0, 0.05) is 5.41 Å². The molecule has 0 aromatic heterocycles. The fourth-order valence-electron chi connectivity index (χ4n) is 0.485. The summed E-state index contributed by atoms with van der Waals surface area (Å²) < 4.78 is 0. The van der Waals surface area contributed by atoms with Crippen molar-refractivity contribution in [2.24, 2.45) is 5.41 Å². The van der Waals surface area contributed by atoms with Crippen LogP contribution >= 0.6 is 0 Å². The van der Waals surface area contributed by atoms with Crippen molar-refractivity contribution in [2.45, 2.75) is 13.3 Å². The maximum atomic E-state index is 8.66. The Bertz CT molecular complexity index is 107. The van der Waals surface area contributed by atoms with Crippen LogP contribution in [0.3, 0.4) is 0 Å². The van der Waals surface area contributed by atoms with Crippen LogP contribution in [0.5, 0.6) is 0 Å². The average Bonchev–Trinajstić information content (AvgIpc) is 2.07. The zero-order valence-electron chi connectivity index (χ0n) is 7.96. The highest BCUT2D eigenvalue weighted by Gasteiger charge is 2.24. The van der Waals surface area contributed by atoms with E-state index in [0.29, 0.717) is 6.42 Å². The molecule has 7 N–H and O–H groups in total. The molecule has 0 aliphatic carbocycles. The fourth-order valence-corrected chi connectivity index (χ4v) is 0.485. The van der Waals surface area contributed by atoms with Gasteiger partial charge in [-0.15, -0.1) is 0 Å². The predicted octanol–water partition coefficient (Wildman–Crippen LogP) is -3.25. The first kappa shape index (κ1) is 16.4. The van der Waals surface area contributed by atoms with Crippen molar-refractivity contribution >= 4 is 9.05 Å². The van der Waals surface area contributed by atoms with Gasteiger partial charge in [-0.2, -0.15) is 0 Å². The van der Waals surface area contributed by atoms with Gasteiger partial charge in [-0.1, -0.05) is 6.92 Å². The van der Waals surface area contributed by atoms with E-state index in [9.17, 15) is 0 Å². The highest BCUT2D eigenvalue weighted by molar-refractivity contribution is 6.46. The molecule has 0 radical (unpaired) electrons. The number of aliphatic hydroxyl groups excluding tert-OH is 3. The molecule has 0 saturated carbocycles. The van der Waals surface area contributed by atoms with Gasteiger partial charge in [-0.05, 0) is 6.42 Å². The van der Waals surface area contributed by atoms with Crippen molar-refractivity contribution in [1.82, 2.24) is 0 Å². The molecular formula is C6H18O7Si. The number of aliphatic hydroxyl groups is 3. The largest absolute Gasteiger partial charge is 0.668 e. The Labute approximate surface area is 83.0 Å². The molecule has 0 heterocycles. The van der Waals surface area contributed by atoms with Crippen LogP contribution in [0.15, 0.2) is 0 Å². The van der Waals surface area contributed by atoms with Crippen LogP contribution in [0.2, 0.25) is 0 Å². The molecule has 0 aliphatic rings. The summed E-state index contributed by atoms with van der Waals surface area (Å²) in [5, 5.41) is 26.0. The summed E-state index contributed by atoms with van der Waals surface area (Å²) in [6, 6.07) is 0. The number of hydrogen-bond donors (Lipinski definition) is 7. The first-order valence-corrected chi connectivity index (χ1v) is 5.75. The molecule has 7 nitrogen and oxygen atoms in total. The summed E-state index contributed by atoms with van der Waals surface area (Å²) in [5.41, 5.74) is -0.667. The molecule has 0 aliphatic heterocycles. The minimum absolute atomic E-state index is 0.156. The maximum Gasteiger partial charge on any atom is 0.668 e. The first-order chi connectivity index (χ1) is 6.24. The van der Waals surface area contributed by atoms with Crippen molar-refractivity contribution in [1.29, 1.82) is 0 Å². The molecule has 0 spiro atoms. The van der Waals surface area contributed by atoms with Gasteiger partial charge >= 0.3 is 9.05 Å². The van der Waals surface area contributed by atoms with E-state index in [4.69, 9.17) is 34.5 Å². The number of hydrogen-bond acceptors (Lipinski definition) is 7. The van der Waals surface area contributed by atoms with E-state index in [1.807, 2.05) is 6.92 Å². The summed E-state index contributed by atoms with van der Waals surface area (Å²) in [6.07, 6.45) is 0.594. The van der Waals surface area contributed by atoms with Gasteiger partial charge in [0.25, 0.3) is 0 Å². The molecule has 8 heteroatoms. The van der Waals surface area contributed by atoms with E-state index >= 15 is 0 Å². The lowest BCUT2D eigenvalue weighted by molar-refractivity contribution is 0.00304. The molecule has 0 fully saturated rings. The van der Waals surface area contributed by atoms with Crippen LogP contribution in [-0.2, 0) is 0 Å². The lowest BCUT2D eigenvalue weighted by Gasteiger charge is -2.24. The molecule has 0 saturated heterocycles. The molecule has 0 aromatic carbocycles. The minimum atomic E-state index is -4.61. The highest BCUT2D eigenvalue weighted by Crippen LogP contribution is 2.18. The smallest absolute Gasteiger partial charge is 0.396 e. The van der Waals surface area contributed by atoms with Crippen LogP contribution in [-0.4, -0.2) is 63.4 Å². The third-order valence-electron chi connectivity index (χ3n) is 1.76. The second-order valence-electron chi connectivity index (χ2n) is 2.93. The van der Waals surface area contributed by atoms with Crippen molar-refractivity contribution < 1.29 is 34.5 Å². The molecule has 0 unspecified atom stereocenters. The van der Waals surface area contributed by atoms with Gasteiger partial charge in [0.2, 0.25) is 0 Å². The van der Waals surface area contributed by atoms with Gasteiger partial charge in [0.15, 0.2) is 0 Å². The van der Waals surface area contributed by atoms with E-state index in [0.717, 1.165) is 0 Å². The Kier molecular flexibility index (Phi) is 8.49. The lowest BCUT2D eigenvalue weighted by Crippen LogP contribution is -2.33. The third-order valence-corrected chi connectivity index (χ3v) is 1.76. The SMILES string of the molecule is CCC(CO)(CO)CO.O[Si](O)(O)O. The summed E-state index contributed by atoms with van der Waals surface area (Å²) in [7, 11) is -4.61. The van der Waals surface area contributed by atoms with Gasteiger partial charge in [-0.25, -0.2) is 0 Å². The normalized spacial score (nSPS) is 12.0. The van der Waals surface area contributed by atoms with Crippen LogP contribution in [0.25, 0.3) is 0 Å². The molecule has 14 heavy (non-hydrogen) atoms. The molecular weight excluding hydrogens is 212 g/mol. The molecule has 0 bridgehead atoms. The summed E-state index contributed by atoms with van der Waals surface area (Å²) in [5.74, 6) is 0. The van der Waals surface area contributed by atoms with Crippen LogP contribution in [0.1, 0.15) is 13.3 Å². The summed E-state index contributed by atoms with van der Waals surface area (Å²) in [6.45, 7) is 1.35. The molecule has 0 atom stereocenters. The summed E-state index contributed by atoms with van der Waals surface area (Å²) >= 11 is 0. The van der Waals surface area contributed by atoms with Gasteiger partial charge in [-0.3, -0.25) is 0 Å². The predicted molar refractivity (Wildman–Crippen MR) is 48.6 cm³/mol. The number of rotatable bonds is 4. The van der Waals surface area contributed by atoms with Crippen LogP contribution in [0.4, 0.5) is 0 Å². The Balaban J connectivity index is 0. The van der Waals surface area contributed by atoms with Gasteiger partial charge < -0.3 is 34.5 Å². The zero-order valence-corrected chi connectivity index (χ0v) is 8.96. The van der Waals surface area contributed by atoms with Crippen LogP contribution < -0.4 is 0 Å². The Morgan fingerprint density at radius 1 is 0.857 bits per heavy atom. The molecule has 0 aromatic rings. The van der Waals surface area contributed by atoms with E-state index in [2.05, 4.69) is 0 Å². The molecule has 88 valence electrons. The fraction of sp³-hybridized carbons (Fsp3) is 1.00. The minimum Gasteiger partial charge on any atom is -0.396 e. The quantitative estimate of drug-likeness (QED) is 0.251. The van der Waals surface area contributed by atoms with Crippen molar-refractivity contribution in [3.8, 4) is 0 Å². The van der Waals surface area contributed by atoms with E-state index in [1.54, 1.807) is 0 Å². The lowest BCUT2D eigenvalue weighted by atomic mass is 9.88. The second kappa shape index (κ2) is 7.26. The Hall–Kier alpha value is -0.0631. The summed E-state index contributed by atoms with van der Waals surface area (Å²) in [4.78, 5) is 29.3. The molecule has 0 rings (SSSR count). The highest BCUT2D eigenvalue weighted by atomic mass is 28.4.